The van der Waals surface area contributed by atoms with Crippen molar-refractivity contribution in [1.82, 2.24) is 0 Å². The van der Waals surface area contributed by atoms with E-state index in [4.69, 9.17) is 11.0 Å². The van der Waals surface area contributed by atoms with Gasteiger partial charge in [-0.15, -0.1) is 11.3 Å². The average molecular weight is 222 g/mol. The topological polar surface area (TPSA) is 54.2 Å². The molecule has 0 amide bonds. The molecule has 0 spiro atoms. The maximum absolute atomic E-state index is 9.07. The maximum atomic E-state index is 9.07. The molecular weight excluding hydrogens is 206 g/mol. The normalized spacial score (nSPS) is 23.2. The first kappa shape index (κ1) is 10.5. The predicted molar refractivity (Wildman–Crippen MR) is 61.8 cm³/mol. The number of thiophene rings is 1. The van der Waals surface area contributed by atoms with E-state index in [9.17, 15) is 0 Å². The van der Waals surface area contributed by atoms with Crippen LogP contribution in [0.3, 0.4) is 0 Å². The number of hydrogen-bond donors (Lipinski definition) is 2. The summed E-state index contributed by atoms with van der Waals surface area (Å²) in [5.41, 5.74) is 7.96. The molecule has 3 N–H and O–H groups in total. The molecule has 0 saturated carbocycles. The number of fused-ring (bicyclic) bond motifs is 1. The van der Waals surface area contributed by atoms with Crippen molar-refractivity contribution < 1.29 is 4.90 Å². The van der Waals surface area contributed by atoms with Crippen molar-refractivity contribution in [1.29, 1.82) is 5.26 Å². The SMILES string of the molecule is C[NH+]1Cc2sc(N)c(C#N)c2CC1(C)C. The molecule has 1 atom stereocenters. The first-order valence-electron chi connectivity index (χ1n) is 5.08. The molecule has 15 heavy (non-hydrogen) atoms. The number of rotatable bonds is 0. The second kappa shape index (κ2) is 3.22. The van der Waals surface area contributed by atoms with Gasteiger partial charge < -0.3 is 10.6 Å². The fraction of sp³-hybridized carbons (Fsp3) is 0.545. The van der Waals surface area contributed by atoms with Gasteiger partial charge in [0.2, 0.25) is 0 Å². The van der Waals surface area contributed by atoms with Crippen molar-refractivity contribution in [3.05, 3.63) is 16.0 Å². The molecule has 1 aliphatic heterocycles. The lowest BCUT2D eigenvalue weighted by atomic mass is 9.88. The smallest absolute Gasteiger partial charge is 0.113 e. The van der Waals surface area contributed by atoms with Crippen molar-refractivity contribution in [2.45, 2.75) is 32.4 Å². The van der Waals surface area contributed by atoms with Gasteiger partial charge in [-0.05, 0) is 19.4 Å². The number of nitrogens with one attached hydrogen (secondary N) is 1. The predicted octanol–water partition coefficient (Wildman–Crippen LogP) is 0.551. The second-order valence-corrected chi connectivity index (χ2v) is 6.01. The quantitative estimate of drug-likeness (QED) is 0.673. The van der Waals surface area contributed by atoms with E-state index in [1.54, 1.807) is 11.3 Å². The molecule has 80 valence electrons. The number of quaternary nitrogens is 1. The summed E-state index contributed by atoms with van der Waals surface area (Å²) in [6, 6.07) is 2.23. The molecular formula is C11H16N3S+. The number of nitrogens with two attached hydrogens (primary N) is 1. The highest BCUT2D eigenvalue weighted by Gasteiger charge is 2.37. The molecule has 1 aliphatic rings. The van der Waals surface area contributed by atoms with Gasteiger partial charge in [0, 0.05) is 6.42 Å². The summed E-state index contributed by atoms with van der Waals surface area (Å²) in [6.45, 7) is 5.46. The zero-order valence-corrected chi connectivity index (χ0v) is 10.2. The van der Waals surface area contributed by atoms with Crippen LogP contribution in [0.25, 0.3) is 0 Å². The van der Waals surface area contributed by atoms with Crippen LogP contribution in [-0.2, 0) is 13.0 Å². The molecule has 0 aliphatic carbocycles. The number of likely N-dealkylation sites (N-methyl/N-ethyl adjacent to an activating group) is 1. The number of nitrogens with zero attached hydrogens (tertiary/aromatic N) is 1. The number of hydrogen-bond acceptors (Lipinski definition) is 3. The minimum atomic E-state index is 0.201. The van der Waals surface area contributed by atoms with Crippen LogP contribution in [0.5, 0.6) is 0 Å². The van der Waals surface area contributed by atoms with Crippen LogP contribution in [0, 0.1) is 11.3 Å². The van der Waals surface area contributed by atoms with Crippen LogP contribution < -0.4 is 10.6 Å². The number of nitrogen functional groups attached to an aromatic ring is 1. The highest BCUT2D eigenvalue weighted by Crippen LogP contribution is 2.34. The number of nitriles is 1. The van der Waals surface area contributed by atoms with Crippen LogP contribution in [-0.4, -0.2) is 12.6 Å². The summed E-state index contributed by atoms with van der Waals surface area (Å²) in [5, 5.41) is 9.76. The van der Waals surface area contributed by atoms with Gasteiger partial charge in [0.15, 0.2) is 0 Å². The van der Waals surface area contributed by atoms with Gasteiger partial charge in [-0.1, -0.05) is 0 Å². The van der Waals surface area contributed by atoms with Crippen molar-refractivity contribution >= 4 is 16.3 Å². The average Bonchev–Trinajstić information content (AvgIpc) is 2.41. The molecule has 0 aromatic carbocycles. The summed E-state index contributed by atoms with van der Waals surface area (Å²) in [7, 11) is 2.20. The Hall–Kier alpha value is -1.05. The van der Waals surface area contributed by atoms with Gasteiger partial charge in [0.25, 0.3) is 0 Å². The van der Waals surface area contributed by atoms with Gasteiger partial charge >= 0.3 is 0 Å². The van der Waals surface area contributed by atoms with Crippen LogP contribution >= 0.6 is 11.3 Å². The first-order chi connectivity index (χ1) is 6.95. The summed E-state index contributed by atoms with van der Waals surface area (Å²) in [6.07, 6.45) is 0.949. The van der Waals surface area contributed by atoms with Gasteiger partial charge in [-0.25, -0.2) is 0 Å². The van der Waals surface area contributed by atoms with Gasteiger partial charge in [0.05, 0.1) is 23.0 Å². The third-order valence-corrected chi connectivity index (χ3v) is 4.49. The number of anilines is 1. The lowest BCUT2D eigenvalue weighted by Crippen LogP contribution is -3.16. The zero-order valence-electron chi connectivity index (χ0n) is 9.35. The molecule has 2 heterocycles. The Morgan fingerprint density at radius 3 is 2.80 bits per heavy atom. The van der Waals surface area contributed by atoms with Crippen molar-refractivity contribution in [3.63, 3.8) is 0 Å². The third-order valence-electron chi connectivity index (χ3n) is 3.43. The summed E-state index contributed by atoms with van der Waals surface area (Å²) >= 11 is 1.58. The van der Waals surface area contributed by atoms with E-state index < -0.39 is 0 Å². The Morgan fingerprint density at radius 1 is 1.53 bits per heavy atom. The lowest BCUT2D eigenvalue weighted by Gasteiger charge is -2.36. The molecule has 0 saturated heterocycles. The van der Waals surface area contributed by atoms with E-state index in [0.29, 0.717) is 5.00 Å². The molecule has 3 nitrogen and oxygen atoms in total. The van der Waals surface area contributed by atoms with Crippen molar-refractivity contribution in [3.8, 4) is 6.07 Å². The summed E-state index contributed by atoms with van der Waals surface area (Å²) in [5.74, 6) is 0. The van der Waals surface area contributed by atoms with Crippen molar-refractivity contribution in [2.24, 2.45) is 0 Å². The highest BCUT2D eigenvalue weighted by molar-refractivity contribution is 7.16. The molecule has 1 aromatic rings. The van der Waals surface area contributed by atoms with Gasteiger partial charge in [0.1, 0.15) is 17.6 Å². The van der Waals surface area contributed by atoms with Gasteiger partial charge in [-0.2, -0.15) is 5.26 Å². The molecule has 0 bridgehead atoms. The van der Waals surface area contributed by atoms with E-state index in [-0.39, 0.29) is 5.54 Å². The first-order valence-corrected chi connectivity index (χ1v) is 5.90. The Morgan fingerprint density at radius 2 is 2.20 bits per heavy atom. The van der Waals surface area contributed by atoms with Gasteiger partial charge in [-0.3, -0.25) is 0 Å². The Kier molecular flexibility index (Phi) is 2.25. The molecule has 2 rings (SSSR count). The Labute approximate surface area is 94.1 Å². The second-order valence-electron chi connectivity index (χ2n) is 4.87. The molecule has 4 heteroatoms. The molecule has 0 fully saturated rings. The third kappa shape index (κ3) is 1.52. The maximum Gasteiger partial charge on any atom is 0.113 e. The van der Waals surface area contributed by atoms with Crippen LogP contribution in [0.1, 0.15) is 29.9 Å². The Balaban J connectivity index is 2.52. The standard InChI is InChI=1S/C11H15N3S/c1-11(2)4-7-8(5-12)10(13)15-9(7)6-14(11)3/h4,6,13H2,1-3H3/p+1. The molecule has 0 radical (unpaired) electrons. The minimum Gasteiger partial charge on any atom is -0.389 e. The minimum absolute atomic E-state index is 0.201. The zero-order chi connectivity index (χ0) is 11.2. The van der Waals surface area contributed by atoms with E-state index in [0.717, 1.165) is 18.5 Å². The summed E-state index contributed by atoms with van der Waals surface area (Å²) in [4.78, 5) is 2.78. The van der Waals surface area contributed by atoms with Crippen LogP contribution in [0.4, 0.5) is 5.00 Å². The van der Waals surface area contributed by atoms with Crippen LogP contribution in [0.2, 0.25) is 0 Å². The van der Waals surface area contributed by atoms with E-state index >= 15 is 0 Å². The molecule has 1 unspecified atom stereocenters. The van der Waals surface area contributed by atoms with E-state index in [1.807, 2.05) is 0 Å². The molecule has 1 aromatic heterocycles. The monoisotopic (exact) mass is 222 g/mol. The fourth-order valence-corrected chi connectivity index (χ4v) is 3.18. The van der Waals surface area contributed by atoms with Crippen molar-refractivity contribution in [2.75, 3.05) is 12.8 Å². The highest BCUT2D eigenvalue weighted by atomic mass is 32.1. The van der Waals surface area contributed by atoms with E-state index in [2.05, 4.69) is 27.0 Å². The fourth-order valence-electron chi connectivity index (χ4n) is 2.06. The van der Waals surface area contributed by atoms with E-state index in [1.165, 1.54) is 15.3 Å². The lowest BCUT2D eigenvalue weighted by molar-refractivity contribution is -0.945. The summed E-state index contributed by atoms with van der Waals surface area (Å²) < 4.78 is 0. The largest absolute Gasteiger partial charge is 0.389 e. The Bertz CT molecular complexity index is 439. The van der Waals surface area contributed by atoms with Crippen LogP contribution in [0.15, 0.2) is 0 Å².